The number of thiazole rings is 1. The van der Waals surface area contributed by atoms with Gasteiger partial charge in [0.2, 0.25) is 0 Å². The minimum absolute atomic E-state index is 0.107. The second-order valence-corrected chi connectivity index (χ2v) is 7.79. The lowest BCUT2D eigenvalue weighted by molar-refractivity contribution is 0.0535. The summed E-state index contributed by atoms with van der Waals surface area (Å²) in [5, 5.41) is 0. The molecule has 0 saturated heterocycles. The van der Waals surface area contributed by atoms with Gasteiger partial charge in [-0.05, 0) is 36.4 Å². The van der Waals surface area contributed by atoms with E-state index in [4.69, 9.17) is 9.15 Å². The average molecular weight is 400 g/mol. The lowest BCUT2D eigenvalue weighted by Crippen LogP contribution is -2.22. The van der Waals surface area contributed by atoms with E-state index in [1.165, 1.54) is 11.3 Å². The number of cyclic esters (lactones) is 1. The number of imidazole rings is 1. The number of hydrogen-bond acceptors (Lipinski definition) is 6. The third-order valence-corrected chi connectivity index (χ3v) is 5.98. The Balaban J connectivity index is 1.42. The molecule has 0 saturated carbocycles. The van der Waals surface area contributed by atoms with Crippen LogP contribution in [0.5, 0.6) is 0 Å². The molecule has 3 aromatic heterocycles. The summed E-state index contributed by atoms with van der Waals surface area (Å²) in [4.78, 5) is 29.6. The molecule has 4 heterocycles. The van der Waals surface area contributed by atoms with E-state index in [2.05, 4.69) is 4.98 Å². The van der Waals surface area contributed by atoms with E-state index in [9.17, 15) is 9.59 Å². The highest BCUT2D eigenvalue weighted by Gasteiger charge is 2.21. The van der Waals surface area contributed by atoms with Gasteiger partial charge in [-0.2, -0.15) is 0 Å². The van der Waals surface area contributed by atoms with Gasteiger partial charge >= 0.3 is 5.97 Å². The van der Waals surface area contributed by atoms with Gasteiger partial charge in [0.05, 0.1) is 16.6 Å². The van der Waals surface area contributed by atoms with Crippen molar-refractivity contribution in [3.63, 3.8) is 0 Å². The molecule has 1 aliphatic rings. The van der Waals surface area contributed by atoms with Gasteiger partial charge in [0.1, 0.15) is 22.7 Å². The van der Waals surface area contributed by atoms with Crippen molar-refractivity contribution >= 4 is 39.4 Å². The van der Waals surface area contributed by atoms with Crippen LogP contribution < -0.4 is 10.1 Å². The van der Waals surface area contributed by atoms with Crippen molar-refractivity contribution in [2.75, 3.05) is 0 Å². The Morgan fingerprint density at radius 3 is 2.90 bits per heavy atom. The predicted octanol–water partition coefficient (Wildman–Crippen LogP) is 3.39. The number of furan rings is 1. The minimum atomic E-state index is -0.293. The summed E-state index contributed by atoms with van der Waals surface area (Å²) in [7, 11) is 0. The van der Waals surface area contributed by atoms with Crippen LogP contribution in [0, 0.1) is 0 Å². The number of carbonyl (C=O) groups is 1. The lowest BCUT2D eigenvalue weighted by atomic mass is 10.0. The third kappa shape index (κ3) is 2.44. The first-order chi connectivity index (χ1) is 14.2. The van der Waals surface area contributed by atoms with Crippen molar-refractivity contribution in [1.82, 2.24) is 9.38 Å². The molecule has 2 aromatic carbocycles. The summed E-state index contributed by atoms with van der Waals surface area (Å²) in [6.45, 7) is 0.282. The highest BCUT2D eigenvalue weighted by Crippen LogP contribution is 2.28. The van der Waals surface area contributed by atoms with Crippen LogP contribution in [0.3, 0.4) is 0 Å². The molecule has 0 fully saturated rings. The Morgan fingerprint density at radius 2 is 1.97 bits per heavy atom. The molecule has 6 rings (SSSR count). The molecule has 0 atom stereocenters. The molecule has 0 unspecified atom stereocenters. The summed E-state index contributed by atoms with van der Waals surface area (Å²) in [6.07, 6.45) is 1.74. The molecule has 0 bridgehead atoms. The number of rotatable bonds is 2. The normalized spacial score (nSPS) is 14.1. The topological polar surface area (TPSA) is 73.8 Å². The van der Waals surface area contributed by atoms with Crippen molar-refractivity contribution in [2.24, 2.45) is 0 Å². The molecule has 140 valence electrons. The number of nitrogens with zero attached hydrogens (tertiary/aromatic N) is 2. The smallest absolute Gasteiger partial charge is 0.338 e. The zero-order valence-corrected chi connectivity index (χ0v) is 15.7. The van der Waals surface area contributed by atoms with Gasteiger partial charge in [-0.25, -0.2) is 14.2 Å². The summed E-state index contributed by atoms with van der Waals surface area (Å²) in [6, 6.07) is 16.7. The van der Waals surface area contributed by atoms with Crippen LogP contribution in [0.25, 0.3) is 33.4 Å². The van der Waals surface area contributed by atoms with E-state index in [1.54, 1.807) is 16.5 Å². The van der Waals surface area contributed by atoms with E-state index in [0.29, 0.717) is 26.6 Å². The first-order valence-corrected chi connectivity index (χ1v) is 9.81. The molecule has 29 heavy (non-hydrogen) atoms. The quantitative estimate of drug-likeness (QED) is 0.425. The van der Waals surface area contributed by atoms with Gasteiger partial charge in [0.15, 0.2) is 4.96 Å². The van der Waals surface area contributed by atoms with Gasteiger partial charge in [-0.1, -0.05) is 29.5 Å². The lowest BCUT2D eigenvalue weighted by Gasteiger charge is -1.99. The molecule has 1 aliphatic heterocycles. The SMILES string of the molecule is O=C1OCc2cc(-c3ccc(/C=c4/sc5nc6ccccc6n5c4=O)o3)ccc21. The number of ether oxygens (including phenoxy) is 1. The van der Waals surface area contributed by atoms with Crippen LogP contribution in [-0.4, -0.2) is 15.4 Å². The fourth-order valence-corrected chi connectivity index (χ4v) is 4.58. The highest BCUT2D eigenvalue weighted by atomic mass is 32.1. The van der Waals surface area contributed by atoms with Gasteiger partial charge in [0.25, 0.3) is 5.56 Å². The molecule has 0 N–H and O–H groups in total. The summed E-state index contributed by atoms with van der Waals surface area (Å²) in [5.74, 6) is 0.953. The van der Waals surface area contributed by atoms with Crippen molar-refractivity contribution in [3.05, 3.63) is 86.4 Å². The Labute approximate surface area is 167 Å². The molecular formula is C22H12N2O4S. The second-order valence-electron chi connectivity index (χ2n) is 6.78. The summed E-state index contributed by atoms with van der Waals surface area (Å²) >= 11 is 1.34. The van der Waals surface area contributed by atoms with Gasteiger partial charge in [-0.15, -0.1) is 0 Å². The Bertz CT molecular complexity index is 1560. The van der Waals surface area contributed by atoms with E-state index in [1.807, 2.05) is 48.5 Å². The molecule has 0 amide bonds. The first-order valence-electron chi connectivity index (χ1n) is 8.99. The molecular weight excluding hydrogens is 388 g/mol. The van der Waals surface area contributed by atoms with Crippen molar-refractivity contribution in [2.45, 2.75) is 6.61 Å². The molecule has 5 aromatic rings. The van der Waals surface area contributed by atoms with E-state index in [0.717, 1.165) is 22.2 Å². The van der Waals surface area contributed by atoms with Crippen LogP contribution >= 0.6 is 11.3 Å². The Kier molecular flexibility index (Phi) is 3.30. The summed E-state index contributed by atoms with van der Waals surface area (Å²) in [5.41, 5.74) is 3.81. The Morgan fingerprint density at radius 1 is 1.07 bits per heavy atom. The van der Waals surface area contributed by atoms with E-state index in [-0.39, 0.29) is 18.1 Å². The fourth-order valence-electron chi connectivity index (χ4n) is 3.61. The summed E-state index contributed by atoms with van der Waals surface area (Å²) < 4.78 is 13.2. The maximum absolute atomic E-state index is 12.9. The Hall–Kier alpha value is -3.71. The standard InChI is InChI=1S/C22H12N2O4S/c25-20-19(29-22-23-16-3-1-2-4-17(16)24(20)22)10-14-6-8-18(28-14)12-5-7-15-13(9-12)11-27-21(15)26/h1-10H,11H2/b19-10+. The van der Waals surface area contributed by atoms with Crippen LogP contribution in [0.2, 0.25) is 0 Å². The van der Waals surface area contributed by atoms with Gasteiger partial charge in [0, 0.05) is 17.2 Å². The predicted molar refractivity (Wildman–Crippen MR) is 109 cm³/mol. The van der Waals surface area contributed by atoms with Gasteiger partial charge in [-0.3, -0.25) is 4.79 Å². The van der Waals surface area contributed by atoms with E-state index >= 15 is 0 Å². The molecule has 0 aliphatic carbocycles. The second kappa shape index (κ2) is 5.89. The zero-order chi connectivity index (χ0) is 19.5. The van der Waals surface area contributed by atoms with Crippen LogP contribution in [-0.2, 0) is 11.3 Å². The minimum Gasteiger partial charge on any atom is -0.457 e. The number of carbonyl (C=O) groups excluding carboxylic acids is 1. The number of fused-ring (bicyclic) bond motifs is 4. The van der Waals surface area contributed by atoms with Crippen LogP contribution in [0.15, 0.2) is 63.8 Å². The highest BCUT2D eigenvalue weighted by molar-refractivity contribution is 7.15. The zero-order valence-electron chi connectivity index (χ0n) is 14.9. The monoisotopic (exact) mass is 400 g/mol. The van der Waals surface area contributed by atoms with Gasteiger partial charge < -0.3 is 9.15 Å². The number of hydrogen-bond donors (Lipinski definition) is 0. The third-order valence-electron chi connectivity index (χ3n) is 5.01. The molecule has 6 nitrogen and oxygen atoms in total. The van der Waals surface area contributed by atoms with Crippen LogP contribution in [0.4, 0.5) is 0 Å². The number of esters is 1. The molecule has 0 radical (unpaired) electrons. The maximum atomic E-state index is 12.9. The number of benzene rings is 2. The van der Waals surface area contributed by atoms with E-state index < -0.39 is 0 Å². The van der Waals surface area contributed by atoms with Crippen molar-refractivity contribution in [1.29, 1.82) is 0 Å². The fraction of sp³-hybridized carbons (Fsp3) is 0.0455. The maximum Gasteiger partial charge on any atom is 0.338 e. The number of para-hydroxylation sites is 2. The first kappa shape index (κ1) is 16.3. The average Bonchev–Trinajstić information content (AvgIpc) is 3.48. The van der Waals surface area contributed by atoms with Crippen LogP contribution in [0.1, 0.15) is 21.7 Å². The van der Waals surface area contributed by atoms with Crippen molar-refractivity contribution in [3.8, 4) is 11.3 Å². The molecule has 0 spiro atoms. The largest absolute Gasteiger partial charge is 0.457 e. The number of aromatic nitrogens is 2. The molecule has 7 heteroatoms. The van der Waals surface area contributed by atoms with Crippen molar-refractivity contribution < 1.29 is 13.9 Å².